The second-order valence-electron chi connectivity index (χ2n) is 11.0. The summed E-state index contributed by atoms with van der Waals surface area (Å²) >= 11 is 0. The average molecular weight is 822 g/mol. The summed E-state index contributed by atoms with van der Waals surface area (Å²) in [6.45, 7) is 3.75. The fourth-order valence-corrected chi connectivity index (χ4v) is 11.3. The van der Waals surface area contributed by atoms with Crippen molar-refractivity contribution in [1.29, 1.82) is 0 Å². The topological polar surface area (TPSA) is 166 Å². The van der Waals surface area contributed by atoms with Crippen molar-refractivity contribution in [3.63, 3.8) is 0 Å². The molecule has 2 atom stereocenters. The quantitative estimate of drug-likeness (QED) is 0.0469. The molecule has 276 valence electrons. The van der Waals surface area contributed by atoms with Crippen molar-refractivity contribution < 1.29 is 50.4 Å². The van der Waals surface area contributed by atoms with Crippen LogP contribution in [0.2, 0.25) is 0 Å². The Morgan fingerprint density at radius 1 is 0.745 bits per heavy atom. The van der Waals surface area contributed by atoms with E-state index in [4.69, 9.17) is 15.2 Å². The van der Waals surface area contributed by atoms with Gasteiger partial charge in [0.1, 0.15) is 41.8 Å². The van der Waals surface area contributed by atoms with Crippen molar-refractivity contribution in [3.8, 4) is 0 Å². The lowest BCUT2D eigenvalue weighted by Crippen LogP contribution is -3.00. The first-order valence-corrected chi connectivity index (χ1v) is 20.9. The van der Waals surface area contributed by atoms with E-state index < -0.39 is 43.1 Å². The molecule has 0 aromatic heterocycles. The van der Waals surface area contributed by atoms with Crippen LogP contribution >= 0.6 is 28.9 Å². The summed E-state index contributed by atoms with van der Waals surface area (Å²) < 4.78 is 9.74. The maximum absolute atomic E-state index is 13.0. The van der Waals surface area contributed by atoms with Crippen molar-refractivity contribution >= 4 is 74.4 Å². The monoisotopic (exact) mass is 820 g/mol. The maximum Gasteiger partial charge on any atom is 0.325 e. The van der Waals surface area contributed by atoms with Gasteiger partial charge >= 0.3 is 11.9 Å². The Labute approximate surface area is 318 Å². The Kier molecular flexibility index (Phi) is 20.5. The molecular formula is C36H46BrN4O7PS2. The van der Waals surface area contributed by atoms with Crippen LogP contribution in [0, 0.1) is 0 Å². The van der Waals surface area contributed by atoms with Crippen molar-refractivity contribution in [3.05, 3.63) is 91.0 Å². The third-order valence-corrected chi connectivity index (χ3v) is 14.2. The number of esters is 2. The zero-order chi connectivity index (χ0) is 36.2. The molecule has 0 saturated heterocycles. The molecule has 51 heavy (non-hydrogen) atoms. The van der Waals surface area contributed by atoms with Crippen LogP contribution in [0.1, 0.15) is 26.7 Å². The lowest BCUT2D eigenvalue weighted by Gasteiger charge is -2.27. The highest BCUT2D eigenvalue weighted by Crippen LogP contribution is 2.54. The Hall–Kier alpha value is -3.42. The lowest BCUT2D eigenvalue weighted by molar-refractivity contribution is -0.145. The Balaban J connectivity index is 0.00000901. The number of nitrogens with one attached hydrogen (secondary N) is 3. The van der Waals surface area contributed by atoms with Gasteiger partial charge in [0, 0.05) is 12.2 Å². The summed E-state index contributed by atoms with van der Waals surface area (Å²) in [7, 11) is 0.397. The Morgan fingerprint density at radius 2 is 1.27 bits per heavy atom. The molecule has 3 aromatic rings. The SMILES string of the molecule is CCOC(=O)CNC(=O)C(CSSCC(=O)NCC[P+](c1ccccc1)(c1ccccc1)c1ccccc1)NC(=O)CCC(N)C(=O)OCC.[Br-]. The van der Waals surface area contributed by atoms with Crippen LogP contribution in [0.25, 0.3) is 0 Å². The number of hydrogen-bond acceptors (Lipinski definition) is 10. The van der Waals surface area contributed by atoms with Crippen molar-refractivity contribution in [2.24, 2.45) is 5.73 Å². The predicted molar refractivity (Wildman–Crippen MR) is 203 cm³/mol. The van der Waals surface area contributed by atoms with Crippen LogP contribution in [0.5, 0.6) is 0 Å². The van der Waals surface area contributed by atoms with Crippen LogP contribution in [0.4, 0.5) is 0 Å². The third kappa shape index (κ3) is 14.3. The van der Waals surface area contributed by atoms with E-state index in [1.54, 1.807) is 13.8 Å². The van der Waals surface area contributed by atoms with Gasteiger partial charge in [-0.25, -0.2) is 0 Å². The van der Waals surface area contributed by atoms with Gasteiger partial charge in [0.2, 0.25) is 17.7 Å². The van der Waals surface area contributed by atoms with Gasteiger partial charge in [-0.2, -0.15) is 0 Å². The van der Waals surface area contributed by atoms with E-state index in [2.05, 4.69) is 52.3 Å². The number of halogens is 1. The van der Waals surface area contributed by atoms with Gasteiger partial charge in [0.25, 0.3) is 0 Å². The molecule has 0 bridgehead atoms. The second kappa shape index (κ2) is 23.9. The molecule has 3 aromatic carbocycles. The molecule has 0 aliphatic carbocycles. The average Bonchev–Trinajstić information content (AvgIpc) is 3.14. The van der Waals surface area contributed by atoms with E-state index in [-0.39, 0.29) is 67.0 Å². The van der Waals surface area contributed by atoms with Gasteiger partial charge in [-0.05, 0) is 56.7 Å². The van der Waals surface area contributed by atoms with Crippen molar-refractivity contribution in [1.82, 2.24) is 16.0 Å². The van der Waals surface area contributed by atoms with Gasteiger partial charge in [-0.15, -0.1) is 0 Å². The van der Waals surface area contributed by atoms with E-state index in [9.17, 15) is 24.0 Å². The first-order valence-electron chi connectivity index (χ1n) is 16.4. The first kappa shape index (κ1) is 43.7. The molecule has 11 nitrogen and oxygen atoms in total. The molecular weight excluding hydrogens is 775 g/mol. The van der Waals surface area contributed by atoms with Gasteiger partial charge in [-0.1, -0.05) is 76.2 Å². The molecule has 0 radical (unpaired) electrons. The number of carbonyl (C=O) groups excluding carboxylic acids is 5. The number of hydrogen-bond donors (Lipinski definition) is 4. The zero-order valence-corrected chi connectivity index (χ0v) is 32.9. The standard InChI is InChI=1S/C36H45N4O7PS2.BrH/c1-3-46-34(43)24-39-35(44)31(40-32(41)21-20-30(37)36(45)47-4-2)25-49-50-26-33(42)38-22-23-48(27-14-8-5-9-15-27,28-16-10-6-11-17-28)29-18-12-7-13-19-29;/h5-19,30-31H,3-4,20-26,37H2,1-2H3,(H2-,38,39,40,41,42,44);1H. The van der Waals surface area contributed by atoms with Gasteiger partial charge in [-0.3, -0.25) is 24.0 Å². The minimum absolute atomic E-state index is 0. The molecule has 3 rings (SSSR count). The molecule has 5 N–H and O–H groups in total. The minimum atomic E-state index is -2.10. The van der Waals surface area contributed by atoms with E-state index in [0.29, 0.717) is 6.54 Å². The highest BCUT2D eigenvalue weighted by Gasteiger charge is 2.44. The smallest absolute Gasteiger partial charge is 0.325 e. The molecule has 0 spiro atoms. The minimum Gasteiger partial charge on any atom is -1.00 e. The van der Waals surface area contributed by atoms with E-state index in [1.165, 1.54) is 37.5 Å². The Morgan fingerprint density at radius 3 is 1.78 bits per heavy atom. The van der Waals surface area contributed by atoms with E-state index >= 15 is 0 Å². The summed E-state index contributed by atoms with van der Waals surface area (Å²) in [5, 5.41) is 11.9. The molecule has 2 unspecified atom stereocenters. The van der Waals surface area contributed by atoms with Crippen LogP contribution < -0.4 is 54.6 Å². The lowest BCUT2D eigenvalue weighted by atomic mass is 10.1. The fraction of sp³-hybridized carbons (Fsp3) is 0.361. The summed E-state index contributed by atoms with van der Waals surface area (Å²) in [6.07, 6.45) is 0.649. The molecule has 3 amide bonds. The fourth-order valence-electron chi connectivity index (χ4n) is 5.10. The zero-order valence-electron chi connectivity index (χ0n) is 28.8. The number of rotatable bonds is 21. The van der Waals surface area contributed by atoms with Crippen molar-refractivity contribution in [2.75, 3.05) is 44.0 Å². The van der Waals surface area contributed by atoms with Gasteiger partial charge in [0.05, 0.1) is 31.7 Å². The number of benzene rings is 3. The molecule has 0 fully saturated rings. The van der Waals surface area contributed by atoms with Gasteiger partial charge in [0.15, 0.2) is 0 Å². The van der Waals surface area contributed by atoms with Crippen molar-refractivity contribution in [2.45, 2.75) is 38.8 Å². The summed E-state index contributed by atoms with van der Waals surface area (Å²) in [4.78, 5) is 62.1. The normalized spacial score (nSPS) is 12.0. The molecule has 0 heterocycles. The molecule has 0 saturated carbocycles. The molecule has 0 aliphatic heterocycles. The highest BCUT2D eigenvalue weighted by atomic mass is 79.9. The van der Waals surface area contributed by atoms with E-state index in [1.807, 2.05) is 54.6 Å². The number of carbonyl (C=O) groups is 5. The summed E-state index contributed by atoms with van der Waals surface area (Å²) in [5.41, 5.74) is 5.80. The largest absolute Gasteiger partial charge is 1.00 e. The van der Waals surface area contributed by atoms with Crippen LogP contribution in [0.15, 0.2) is 91.0 Å². The first-order chi connectivity index (χ1) is 24.2. The number of ether oxygens (including phenoxy) is 2. The summed E-state index contributed by atoms with van der Waals surface area (Å²) in [6, 6.07) is 29.3. The highest BCUT2D eigenvalue weighted by molar-refractivity contribution is 8.76. The second-order valence-corrected chi connectivity index (χ2v) is 17.1. The Bertz CT molecular complexity index is 1430. The molecule has 0 aliphatic rings. The number of amides is 3. The third-order valence-electron chi connectivity index (χ3n) is 7.50. The van der Waals surface area contributed by atoms with E-state index in [0.717, 1.165) is 6.16 Å². The summed E-state index contributed by atoms with van der Waals surface area (Å²) in [5.74, 6) is -2.21. The van der Waals surface area contributed by atoms with Gasteiger partial charge < -0.3 is 48.1 Å². The van der Waals surface area contributed by atoms with Crippen LogP contribution in [-0.2, 0) is 33.4 Å². The number of nitrogens with two attached hydrogens (primary N) is 1. The van der Waals surface area contributed by atoms with Crippen LogP contribution in [0.3, 0.4) is 0 Å². The maximum atomic E-state index is 13.0. The molecule has 15 heteroatoms. The van der Waals surface area contributed by atoms with Crippen LogP contribution in [-0.4, -0.2) is 85.7 Å². The predicted octanol–water partition coefficient (Wildman–Crippen LogP) is -0.683.